The van der Waals surface area contributed by atoms with Crippen molar-refractivity contribution in [2.24, 2.45) is 0 Å². The van der Waals surface area contributed by atoms with E-state index in [0.29, 0.717) is 11.3 Å². The summed E-state index contributed by atoms with van der Waals surface area (Å²) in [7, 11) is 1.26. The number of fused-ring (bicyclic) bond motifs is 1. The van der Waals surface area contributed by atoms with Crippen LogP contribution < -0.4 is 4.90 Å². The third-order valence-electron chi connectivity index (χ3n) is 3.43. The lowest BCUT2D eigenvalue weighted by Crippen LogP contribution is -2.48. The lowest BCUT2D eigenvalue weighted by molar-refractivity contribution is -0.150. The van der Waals surface area contributed by atoms with Gasteiger partial charge in [0, 0.05) is 12.7 Å². The first-order valence-electron chi connectivity index (χ1n) is 6.13. The quantitative estimate of drug-likeness (QED) is 0.907. The highest BCUT2D eigenvalue weighted by Gasteiger charge is 2.49. The molecular formula is C14H14F3NO2. The minimum atomic E-state index is -4.64. The molecule has 0 radical (unpaired) electrons. The normalized spacial score (nSPS) is 18.6. The van der Waals surface area contributed by atoms with Gasteiger partial charge in [0.25, 0.3) is 0 Å². The summed E-state index contributed by atoms with van der Waals surface area (Å²) >= 11 is 0. The van der Waals surface area contributed by atoms with Gasteiger partial charge in [0.15, 0.2) is 6.04 Å². The molecule has 0 aliphatic carbocycles. The fourth-order valence-electron chi connectivity index (χ4n) is 2.43. The van der Waals surface area contributed by atoms with Gasteiger partial charge >= 0.3 is 12.1 Å². The molecule has 1 unspecified atom stereocenters. The molecule has 0 bridgehead atoms. The van der Waals surface area contributed by atoms with E-state index in [-0.39, 0.29) is 0 Å². The van der Waals surface area contributed by atoms with E-state index in [4.69, 9.17) is 5.11 Å². The van der Waals surface area contributed by atoms with Crippen molar-refractivity contribution >= 4 is 17.7 Å². The maximum atomic E-state index is 13.1. The Kier molecular flexibility index (Phi) is 3.50. The molecule has 2 rings (SSSR count). The van der Waals surface area contributed by atoms with Crippen molar-refractivity contribution in [2.75, 3.05) is 11.9 Å². The number of aryl methyl sites for hydroxylation is 1. The van der Waals surface area contributed by atoms with Crippen LogP contribution in [0.2, 0.25) is 0 Å². The Bertz CT molecular complexity index is 578. The van der Waals surface area contributed by atoms with Gasteiger partial charge in [-0.2, -0.15) is 13.2 Å². The number of hydrogen-bond acceptors (Lipinski definition) is 2. The zero-order valence-electron chi connectivity index (χ0n) is 11.0. The second-order valence-electron chi connectivity index (χ2n) is 4.71. The molecule has 108 valence electrons. The van der Waals surface area contributed by atoms with E-state index in [1.165, 1.54) is 7.05 Å². The standard InChI is InChI=1S/C14H14F3NO2/c1-3-8-4-5-11-9(6-8)7-10(13(19)20)12(18(11)2)14(15,16)17/h4-7,12H,3H2,1-2H3,(H,19,20). The molecule has 1 N–H and O–H groups in total. The number of carboxylic acid groups (broad SMARTS) is 1. The first-order valence-corrected chi connectivity index (χ1v) is 6.13. The minimum absolute atomic E-state index is 0.384. The van der Waals surface area contributed by atoms with Gasteiger partial charge in [-0.3, -0.25) is 0 Å². The number of carbonyl (C=O) groups is 1. The lowest BCUT2D eigenvalue weighted by Gasteiger charge is -2.36. The van der Waals surface area contributed by atoms with Crippen LogP contribution in [0.4, 0.5) is 18.9 Å². The summed E-state index contributed by atoms with van der Waals surface area (Å²) in [5.41, 5.74) is 1.18. The van der Waals surface area contributed by atoms with Crippen molar-refractivity contribution in [3.05, 3.63) is 34.9 Å². The predicted octanol–water partition coefficient (Wildman–Crippen LogP) is 3.10. The van der Waals surface area contributed by atoms with Gasteiger partial charge < -0.3 is 10.0 Å². The average molecular weight is 285 g/mol. The number of benzene rings is 1. The molecule has 1 aliphatic rings. The number of aliphatic carboxylic acids is 1. The van der Waals surface area contributed by atoms with Gasteiger partial charge in [0.05, 0.1) is 5.57 Å². The SMILES string of the molecule is CCc1ccc2c(c1)C=C(C(=O)O)C(C(F)(F)F)N2C. The Hall–Kier alpha value is -1.98. The Morgan fingerprint density at radius 2 is 2.05 bits per heavy atom. The summed E-state index contributed by atoms with van der Waals surface area (Å²) in [4.78, 5) is 12.1. The number of alkyl halides is 3. The molecule has 0 saturated heterocycles. The second kappa shape index (κ2) is 4.85. The third kappa shape index (κ3) is 2.37. The van der Waals surface area contributed by atoms with Crippen LogP contribution >= 0.6 is 0 Å². The van der Waals surface area contributed by atoms with Crippen LogP contribution in [0, 0.1) is 0 Å². The monoisotopic (exact) mass is 285 g/mol. The summed E-state index contributed by atoms with van der Waals surface area (Å²) in [5.74, 6) is -1.55. The van der Waals surface area contributed by atoms with E-state index in [1.54, 1.807) is 18.2 Å². The largest absolute Gasteiger partial charge is 0.478 e. The predicted molar refractivity (Wildman–Crippen MR) is 69.7 cm³/mol. The number of nitrogens with zero attached hydrogens (tertiary/aromatic N) is 1. The molecule has 0 amide bonds. The van der Waals surface area contributed by atoms with Crippen LogP contribution in [0.1, 0.15) is 18.1 Å². The van der Waals surface area contributed by atoms with E-state index in [0.717, 1.165) is 23.0 Å². The van der Waals surface area contributed by atoms with Crippen LogP contribution in [0.3, 0.4) is 0 Å². The van der Waals surface area contributed by atoms with Gasteiger partial charge in [-0.05, 0) is 35.8 Å². The van der Waals surface area contributed by atoms with E-state index < -0.39 is 23.8 Å². The highest BCUT2D eigenvalue weighted by molar-refractivity contribution is 5.97. The molecule has 0 saturated carbocycles. The van der Waals surface area contributed by atoms with Crippen molar-refractivity contribution in [3.63, 3.8) is 0 Å². The van der Waals surface area contributed by atoms with Gasteiger partial charge in [0.2, 0.25) is 0 Å². The fraction of sp³-hybridized carbons (Fsp3) is 0.357. The number of likely N-dealkylation sites (N-methyl/N-ethyl adjacent to an activating group) is 1. The molecule has 1 aliphatic heterocycles. The van der Waals surface area contributed by atoms with Crippen molar-refractivity contribution < 1.29 is 23.1 Å². The molecule has 3 nitrogen and oxygen atoms in total. The highest BCUT2D eigenvalue weighted by atomic mass is 19.4. The van der Waals surface area contributed by atoms with Gasteiger partial charge in [-0.1, -0.05) is 13.0 Å². The average Bonchev–Trinajstić information content (AvgIpc) is 2.36. The van der Waals surface area contributed by atoms with Crippen molar-refractivity contribution in [3.8, 4) is 0 Å². The van der Waals surface area contributed by atoms with Gasteiger partial charge in [0.1, 0.15) is 0 Å². The number of rotatable bonds is 2. The molecule has 1 aromatic carbocycles. The van der Waals surface area contributed by atoms with Crippen LogP contribution in [0.15, 0.2) is 23.8 Å². The summed E-state index contributed by atoms with van der Waals surface area (Å²) in [5, 5.41) is 9.05. The molecule has 0 fully saturated rings. The molecule has 20 heavy (non-hydrogen) atoms. The zero-order valence-corrected chi connectivity index (χ0v) is 11.0. The Balaban J connectivity index is 2.61. The Morgan fingerprint density at radius 1 is 1.40 bits per heavy atom. The smallest absolute Gasteiger partial charge is 0.413 e. The zero-order chi connectivity index (χ0) is 15.1. The maximum absolute atomic E-state index is 13.1. The molecule has 0 aromatic heterocycles. The number of anilines is 1. The summed E-state index contributed by atoms with van der Waals surface area (Å²) < 4.78 is 39.3. The van der Waals surface area contributed by atoms with Crippen molar-refractivity contribution in [1.82, 2.24) is 0 Å². The second-order valence-corrected chi connectivity index (χ2v) is 4.71. The van der Waals surface area contributed by atoms with Crippen LogP contribution in [0.25, 0.3) is 6.08 Å². The van der Waals surface area contributed by atoms with E-state index >= 15 is 0 Å². The summed E-state index contributed by atoms with van der Waals surface area (Å²) in [6.07, 6.45) is -2.79. The Morgan fingerprint density at radius 3 is 2.55 bits per heavy atom. The maximum Gasteiger partial charge on any atom is 0.413 e. The van der Waals surface area contributed by atoms with E-state index in [1.807, 2.05) is 6.92 Å². The molecule has 0 spiro atoms. The number of carboxylic acids is 1. The van der Waals surface area contributed by atoms with Gasteiger partial charge in [-0.15, -0.1) is 0 Å². The van der Waals surface area contributed by atoms with Crippen LogP contribution in [0.5, 0.6) is 0 Å². The molecule has 1 aromatic rings. The topological polar surface area (TPSA) is 40.5 Å². The summed E-state index contributed by atoms with van der Waals surface area (Å²) in [6.45, 7) is 1.93. The highest BCUT2D eigenvalue weighted by Crippen LogP contribution is 2.39. The number of halogens is 3. The first kappa shape index (κ1) is 14.4. The molecule has 1 heterocycles. The van der Waals surface area contributed by atoms with Crippen molar-refractivity contribution in [2.45, 2.75) is 25.6 Å². The van der Waals surface area contributed by atoms with Crippen LogP contribution in [-0.2, 0) is 11.2 Å². The van der Waals surface area contributed by atoms with Crippen LogP contribution in [-0.4, -0.2) is 30.3 Å². The molecular weight excluding hydrogens is 271 g/mol. The molecule has 1 atom stereocenters. The Labute approximate surface area is 114 Å². The van der Waals surface area contributed by atoms with Crippen molar-refractivity contribution in [1.29, 1.82) is 0 Å². The fourth-order valence-corrected chi connectivity index (χ4v) is 2.43. The lowest BCUT2D eigenvalue weighted by atomic mass is 9.94. The minimum Gasteiger partial charge on any atom is -0.478 e. The molecule has 6 heteroatoms. The van der Waals surface area contributed by atoms with Gasteiger partial charge in [-0.25, -0.2) is 4.79 Å². The number of hydrogen-bond donors (Lipinski definition) is 1. The van der Waals surface area contributed by atoms with E-state index in [9.17, 15) is 18.0 Å². The third-order valence-corrected chi connectivity index (χ3v) is 3.43. The summed E-state index contributed by atoms with van der Waals surface area (Å²) in [6, 6.07) is 2.95. The first-order chi connectivity index (χ1) is 9.25. The van der Waals surface area contributed by atoms with E-state index in [2.05, 4.69) is 0 Å².